The van der Waals surface area contributed by atoms with E-state index in [0.29, 0.717) is 11.8 Å². The predicted octanol–water partition coefficient (Wildman–Crippen LogP) is 4.05. The van der Waals surface area contributed by atoms with Crippen molar-refractivity contribution < 1.29 is 9.90 Å². The van der Waals surface area contributed by atoms with Gasteiger partial charge in [0.15, 0.2) is 5.78 Å². The van der Waals surface area contributed by atoms with Crippen molar-refractivity contribution in [3.63, 3.8) is 0 Å². The topological polar surface area (TPSA) is 37.3 Å². The Balaban J connectivity index is 1.91. The van der Waals surface area contributed by atoms with Gasteiger partial charge in [-0.15, -0.1) is 0 Å². The van der Waals surface area contributed by atoms with Gasteiger partial charge in [0, 0.05) is 5.41 Å². The molecule has 0 saturated heterocycles. The molecule has 0 heterocycles. The largest absolute Gasteiger partial charge is 0.393 e. The van der Waals surface area contributed by atoms with Gasteiger partial charge in [-0.3, -0.25) is 4.79 Å². The summed E-state index contributed by atoms with van der Waals surface area (Å²) in [5.74, 6) is 2.19. The molecule has 3 aliphatic rings. The number of fused-ring (bicyclic) bond motifs is 3. The van der Waals surface area contributed by atoms with Crippen molar-refractivity contribution in [2.75, 3.05) is 0 Å². The molecule has 3 rings (SSSR count). The molecule has 2 saturated carbocycles. The number of aliphatic hydroxyl groups excluding tert-OH is 1. The van der Waals surface area contributed by atoms with Crippen LogP contribution in [0.1, 0.15) is 58.8 Å². The molecule has 0 radical (unpaired) electrons. The number of aliphatic hydroxyl groups is 1. The van der Waals surface area contributed by atoms with Gasteiger partial charge in [0.2, 0.25) is 0 Å². The third-order valence-corrected chi connectivity index (χ3v) is 6.37. The standard InChI is InChI=1S/C19H28O2/c1-13-6-8-15(20)4-3-5-18-17(13)9-7-14-12-16(21)10-11-19(14,18)2/h10-13,15,17-18,20H,3-9H2,1-2H3/t13-,15+,17-,18-,19-/m0/s1. The maximum absolute atomic E-state index is 11.7. The molecule has 0 aromatic carbocycles. The van der Waals surface area contributed by atoms with E-state index < -0.39 is 0 Å². The highest BCUT2D eigenvalue weighted by molar-refractivity contribution is 6.01. The van der Waals surface area contributed by atoms with Crippen LogP contribution in [0.25, 0.3) is 0 Å². The van der Waals surface area contributed by atoms with Gasteiger partial charge in [-0.25, -0.2) is 0 Å². The Morgan fingerprint density at radius 3 is 2.81 bits per heavy atom. The summed E-state index contributed by atoms with van der Waals surface area (Å²) >= 11 is 0. The number of ketones is 1. The van der Waals surface area contributed by atoms with Crippen molar-refractivity contribution in [1.82, 2.24) is 0 Å². The van der Waals surface area contributed by atoms with E-state index in [1.54, 1.807) is 6.08 Å². The normalized spacial score (nSPS) is 44.0. The molecule has 0 amide bonds. The van der Waals surface area contributed by atoms with Crippen molar-refractivity contribution in [1.29, 1.82) is 0 Å². The van der Waals surface area contributed by atoms with E-state index in [0.717, 1.165) is 38.0 Å². The van der Waals surface area contributed by atoms with Gasteiger partial charge in [0.05, 0.1) is 6.10 Å². The molecule has 0 aliphatic heterocycles. The van der Waals surface area contributed by atoms with E-state index in [4.69, 9.17) is 0 Å². The Hall–Kier alpha value is -0.890. The molecule has 21 heavy (non-hydrogen) atoms. The summed E-state index contributed by atoms with van der Waals surface area (Å²) in [6, 6.07) is 0. The minimum Gasteiger partial charge on any atom is -0.393 e. The number of rotatable bonds is 0. The molecular formula is C19H28O2. The lowest BCUT2D eigenvalue weighted by molar-refractivity contribution is -0.110. The Morgan fingerprint density at radius 1 is 1.19 bits per heavy atom. The Labute approximate surface area is 128 Å². The Bertz CT molecular complexity index is 476. The lowest BCUT2D eigenvalue weighted by Crippen LogP contribution is -2.41. The first-order chi connectivity index (χ1) is 10.0. The number of carbonyl (C=O) groups excluding carboxylic acids is 1. The van der Waals surface area contributed by atoms with Crippen LogP contribution < -0.4 is 0 Å². The molecule has 0 spiro atoms. The number of allylic oxidation sites excluding steroid dienone is 4. The fourth-order valence-corrected chi connectivity index (χ4v) is 4.99. The lowest BCUT2D eigenvalue weighted by atomic mass is 9.55. The zero-order chi connectivity index (χ0) is 15.0. The first kappa shape index (κ1) is 15.0. The third kappa shape index (κ3) is 2.75. The second kappa shape index (κ2) is 5.72. The molecule has 0 bridgehead atoms. The molecule has 0 unspecified atom stereocenters. The van der Waals surface area contributed by atoms with Crippen LogP contribution in [0, 0.1) is 23.2 Å². The zero-order valence-corrected chi connectivity index (χ0v) is 13.3. The van der Waals surface area contributed by atoms with Crippen LogP contribution in [0.4, 0.5) is 0 Å². The highest BCUT2D eigenvalue weighted by Crippen LogP contribution is 2.54. The molecule has 0 aromatic heterocycles. The highest BCUT2D eigenvalue weighted by atomic mass is 16.3. The molecule has 3 aliphatic carbocycles. The van der Waals surface area contributed by atoms with E-state index in [9.17, 15) is 9.90 Å². The molecule has 5 atom stereocenters. The predicted molar refractivity (Wildman–Crippen MR) is 84.8 cm³/mol. The molecular weight excluding hydrogens is 260 g/mol. The van der Waals surface area contributed by atoms with E-state index in [-0.39, 0.29) is 17.3 Å². The van der Waals surface area contributed by atoms with Gasteiger partial charge in [0.1, 0.15) is 0 Å². The average Bonchev–Trinajstić information content (AvgIpc) is 2.52. The molecule has 2 fully saturated rings. The van der Waals surface area contributed by atoms with Gasteiger partial charge in [-0.2, -0.15) is 0 Å². The van der Waals surface area contributed by atoms with Crippen LogP contribution in [0.2, 0.25) is 0 Å². The van der Waals surface area contributed by atoms with Crippen LogP contribution in [-0.4, -0.2) is 17.0 Å². The monoisotopic (exact) mass is 288 g/mol. The summed E-state index contributed by atoms with van der Waals surface area (Å²) in [4.78, 5) is 11.7. The van der Waals surface area contributed by atoms with Gasteiger partial charge >= 0.3 is 0 Å². The molecule has 2 nitrogen and oxygen atoms in total. The Kier molecular flexibility index (Phi) is 4.09. The minimum absolute atomic E-state index is 0.0698. The van der Waals surface area contributed by atoms with Crippen LogP contribution in [0.3, 0.4) is 0 Å². The molecule has 116 valence electrons. The SMILES string of the molecule is C[C@H]1CC[C@H](O)CCC[C@H]2[C@H]1CCC1=CC(=O)C=C[C@@]12C. The van der Waals surface area contributed by atoms with Crippen LogP contribution in [0.15, 0.2) is 23.8 Å². The van der Waals surface area contributed by atoms with Crippen LogP contribution >= 0.6 is 0 Å². The van der Waals surface area contributed by atoms with Gasteiger partial charge < -0.3 is 5.11 Å². The molecule has 2 heteroatoms. The lowest BCUT2D eigenvalue weighted by Gasteiger charge is -2.49. The van der Waals surface area contributed by atoms with E-state index in [2.05, 4.69) is 19.9 Å². The fraction of sp³-hybridized carbons (Fsp3) is 0.737. The second-order valence-electron chi connectivity index (χ2n) is 7.64. The summed E-state index contributed by atoms with van der Waals surface area (Å²) < 4.78 is 0. The average molecular weight is 288 g/mol. The summed E-state index contributed by atoms with van der Waals surface area (Å²) in [6.07, 6.45) is 13.3. The summed E-state index contributed by atoms with van der Waals surface area (Å²) in [5.41, 5.74) is 1.42. The zero-order valence-electron chi connectivity index (χ0n) is 13.3. The van der Waals surface area contributed by atoms with Crippen molar-refractivity contribution in [2.24, 2.45) is 23.2 Å². The molecule has 0 aromatic rings. The van der Waals surface area contributed by atoms with E-state index >= 15 is 0 Å². The van der Waals surface area contributed by atoms with Gasteiger partial charge in [0.25, 0.3) is 0 Å². The summed E-state index contributed by atoms with van der Waals surface area (Å²) in [7, 11) is 0. The quantitative estimate of drug-likeness (QED) is 0.730. The van der Waals surface area contributed by atoms with E-state index in [1.165, 1.54) is 18.4 Å². The maximum Gasteiger partial charge on any atom is 0.178 e. The third-order valence-electron chi connectivity index (χ3n) is 6.37. The van der Waals surface area contributed by atoms with Crippen molar-refractivity contribution >= 4 is 5.78 Å². The number of hydrogen-bond donors (Lipinski definition) is 1. The van der Waals surface area contributed by atoms with Crippen LogP contribution in [0.5, 0.6) is 0 Å². The van der Waals surface area contributed by atoms with Crippen molar-refractivity contribution in [3.8, 4) is 0 Å². The van der Waals surface area contributed by atoms with E-state index in [1.807, 2.05) is 6.08 Å². The minimum atomic E-state index is -0.112. The number of hydrogen-bond acceptors (Lipinski definition) is 2. The summed E-state index contributed by atoms with van der Waals surface area (Å²) in [5, 5.41) is 10.1. The Morgan fingerprint density at radius 2 is 2.00 bits per heavy atom. The van der Waals surface area contributed by atoms with Crippen LogP contribution in [-0.2, 0) is 4.79 Å². The van der Waals surface area contributed by atoms with Crippen molar-refractivity contribution in [2.45, 2.75) is 64.9 Å². The molecule has 1 N–H and O–H groups in total. The van der Waals surface area contributed by atoms with Gasteiger partial charge in [-0.1, -0.05) is 31.9 Å². The first-order valence-electron chi connectivity index (χ1n) is 8.63. The second-order valence-corrected chi connectivity index (χ2v) is 7.64. The highest BCUT2D eigenvalue weighted by Gasteiger charge is 2.46. The first-order valence-corrected chi connectivity index (χ1v) is 8.63. The smallest absolute Gasteiger partial charge is 0.178 e. The summed E-state index contributed by atoms with van der Waals surface area (Å²) in [6.45, 7) is 4.70. The van der Waals surface area contributed by atoms with Crippen molar-refractivity contribution in [3.05, 3.63) is 23.8 Å². The maximum atomic E-state index is 11.7. The fourth-order valence-electron chi connectivity index (χ4n) is 4.99. The number of carbonyl (C=O) groups is 1. The van der Waals surface area contributed by atoms with Gasteiger partial charge in [-0.05, 0) is 68.4 Å².